The van der Waals surface area contributed by atoms with Gasteiger partial charge in [0, 0.05) is 17.2 Å². The van der Waals surface area contributed by atoms with E-state index in [0.29, 0.717) is 11.3 Å². The van der Waals surface area contributed by atoms with Crippen LogP contribution >= 0.6 is 11.8 Å². The molecule has 0 unspecified atom stereocenters. The highest BCUT2D eigenvalue weighted by Crippen LogP contribution is 2.28. The first kappa shape index (κ1) is 15.8. The molecular formula is C17H15ClN2O2S. The quantitative estimate of drug-likeness (QED) is 0.718. The summed E-state index contributed by atoms with van der Waals surface area (Å²) in [6.45, 7) is 1.63. The summed E-state index contributed by atoms with van der Waals surface area (Å²) in [5.41, 5.74) is 1.91. The van der Waals surface area contributed by atoms with E-state index in [1.807, 2.05) is 42.5 Å². The number of para-hydroxylation sites is 1. The van der Waals surface area contributed by atoms with Crippen molar-refractivity contribution in [2.24, 2.45) is 0 Å². The third kappa shape index (κ3) is 3.02. The van der Waals surface area contributed by atoms with Crippen molar-refractivity contribution in [1.82, 2.24) is 9.30 Å². The lowest BCUT2D eigenvalue weighted by Gasteiger charge is -2.07. The highest BCUT2D eigenvalue weighted by molar-refractivity contribution is 8.00. The molecule has 3 rings (SSSR count). The molecule has 6 heteroatoms. The maximum absolute atomic E-state index is 12.5. The molecule has 3 aromatic rings. The fourth-order valence-corrected chi connectivity index (χ4v) is 3.72. The molecule has 0 aliphatic carbocycles. The van der Waals surface area contributed by atoms with E-state index in [1.165, 1.54) is 4.20 Å². The number of aromatic nitrogens is 2. The Kier molecular flexibility index (Phi) is 4.24. The summed E-state index contributed by atoms with van der Waals surface area (Å²) in [4.78, 5) is 0.251. The molecule has 0 radical (unpaired) electrons. The van der Waals surface area contributed by atoms with E-state index < -0.39 is 9.84 Å². The molecule has 0 amide bonds. The standard InChI is InChI=1S/C17H15ClN2O2S/c1-2-23(21,22)17(13-8-4-3-5-9-13)12-15-14-10-6-7-11-16(14)20(18)19-15/h3-12H,2H2,1H3/b17-12-. The molecule has 23 heavy (non-hydrogen) atoms. The van der Waals surface area contributed by atoms with Gasteiger partial charge >= 0.3 is 0 Å². The number of sulfone groups is 1. The molecule has 0 fully saturated rings. The number of nitrogens with zero attached hydrogens (tertiary/aromatic N) is 2. The van der Waals surface area contributed by atoms with Gasteiger partial charge in [0.2, 0.25) is 0 Å². The van der Waals surface area contributed by atoms with Gasteiger partial charge in [0.15, 0.2) is 9.84 Å². The van der Waals surface area contributed by atoms with Gasteiger partial charge in [-0.1, -0.05) is 55.5 Å². The van der Waals surface area contributed by atoms with Crippen molar-refractivity contribution >= 4 is 43.5 Å². The van der Waals surface area contributed by atoms with Gasteiger partial charge in [-0.05, 0) is 17.7 Å². The second kappa shape index (κ2) is 6.18. The van der Waals surface area contributed by atoms with Crippen LogP contribution in [0.5, 0.6) is 0 Å². The lowest BCUT2D eigenvalue weighted by atomic mass is 10.1. The maximum atomic E-state index is 12.5. The third-order valence-electron chi connectivity index (χ3n) is 3.62. The Morgan fingerprint density at radius 3 is 2.48 bits per heavy atom. The molecule has 2 aromatic carbocycles. The highest BCUT2D eigenvalue weighted by atomic mass is 35.5. The summed E-state index contributed by atoms with van der Waals surface area (Å²) in [6.07, 6.45) is 1.59. The van der Waals surface area contributed by atoms with E-state index in [1.54, 1.807) is 25.1 Å². The van der Waals surface area contributed by atoms with E-state index >= 15 is 0 Å². The van der Waals surface area contributed by atoms with Gasteiger partial charge in [0.1, 0.15) is 0 Å². The van der Waals surface area contributed by atoms with Gasteiger partial charge in [0.25, 0.3) is 0 Å². The Balaban J connectivity index is 2.26. The van der Waals surface area contributed by atoms with Crippen molar-refractivity contribution in [3.05, 3.63) is 65.9 Å². The van der Waals surface area contributed by atoms with E-state index in [9.17, 15) is 8.42 Å². The summed E-state index contributed by atoms with van der Waals surface area (Å²) in [5, 5.41) is 5.05. The number of fused-ring (bicyclic) bond motifs is 1. The molecule has 4 nitrogen and oxygen atoms in total. The number of benzene rings is 2. The van der Waals surface area contributed by atoms with Crippen molar-refractivity contribution < 1.29 is 8.42 Å². The average molecular weight is 347 g/mol. The minimum atomic E-state index is -3.40. The van der Waals surface area contributed by atoms with Crippen LogP contribution in [0.2, 0.25) is 0 Å². The van der Waals surface area contributed by atoms with Crippen LogP contribution in [0.1, 0.15) is 18.2 Å². The van der Waals surface area contributed by atoms with Crippen LogP contribution in [-0.2, 0) is 9.84 Å². The van der Waals surface area contributed by atoms with E-state index in [-0.39, 0.29) is 10.7 Å². The summed E-state index contributed by atoms with van der Waals surface area (Å²) >= 11 is 6.08. The Labute approximate surface area is 140 Å². The third-order valence-corrected chi connectivity index (χ3v) is 5.66. The molecule has 1 aromatic heterocycles. The average Bonchev–Trinajstić information content (AvgIpc) is 2.90. The zero-order valence-corrected chi connectivity index (χ0v) is 14.1. The molecule has 0 atom stereocenters. The molecule has 0 saturated carbocycles. The molecule has 0 aliphatic rings. The van der Waals surface area contributed by atoms with E-state index in [2.05, 4.69) is 5.10 Å². The second-order valence-electron chi connectivity index (χ2n) is 5.04. The van der Waals surface area contributed by atoms with Crippen molar-refractivity contribution in [1.29, 1.82) is 0 Å². The topological polar surface area (TPSA) is 52.0 Å². The van der Waals surface area contributed by atoms with Crippen LogP contribution in [0.25, 0.3) is 21.9 Å². The molecule has 0 N–H and O–H groups in total. The smallest absolute Gasteiger partial charge is 0.178 e. The minimum absolute atomic E-state index is 0.0211. The first-order chi connectivity index (χ1) is 11.0. The van der Waals surface area contributed by atoms with Gasteiger partial charge in [-0.25, -0.2) is 8.42 Å². The Hall–Kier alpha value is -2.11. The van der Waals surface area contributed by atoms with Crippen LogP contribution in [0.4, 0.5) is 0 Å². The molecule has 0 bridgehead atoms. The predicted octanol–water partition coefficient (Wildman–Crippen LogP) is 3.97. The molecule has 0 saturated heterocycles. The lowest BCUT2D eigenvalue weighted by molar-refractivity contribution is 0.607. The van der Waals surface area contributed by atoms with Crippen molar-refractivity contribution in [3.63, 3.8) is 0 Å². The van der Waals surface area contributed by atoms with Crippen LogP contribution in [-0.4, -0.2) is 23.5 Å². The summed E-state index contributed by atoms with van der Waals surface area (Å²) in [5.74, 6) is 0.0211. The molecule has 1 heterocycles. The van der Waals surface area contributed by atoms with Gasteiger partial charge in [-0.3, -0.25) is 0 Å². The fraction of sp³-hybridized carbons (Fsp3) is 0.118. The zero-order chi connectivity index (χ0) is 16.4. The van der Waals surface area contributed by atoms with Crippen molar-refractivity contribution in [2.45, 2.75) is 6.92 Å². The Morgan fingerprint density at radius 2 is 1.78 bits per heavy atom. The van der Waals surface area contributed by atoms with Crippen LogP contribution in [0.3, 0.4) is 0 Å². The van der Waals surface area contributed by atoms with Gasteiger partial charge < -0.3 is 0 Å². The molecule has 0 aliphatic heterocycles. The van der Waals surface area contributed by atoms with Gasteiger partial charge in [-0.2, -0.15) is 9.30 Å². The predicted molar refractivity (Wildman–Crippen MR) is 94.8 cm³/mol. The van der Waals surface area contributed by atoms with Crippen LogP contribution < -0.4 is 0 Å². The number of rotatable bonds is 4. The summed E-state index contributed by atoms with van der Waals surface area (Å²) in [7, 11) is -3.40. The van der Waals surface area contributed by atoms with Crippen molar-refractivity contribution in [2.75, 3.05) is 5.75 Å². The van der Waals surface area contributed by atoms with Crippen LogP contribution in [0.15, 0.2) is 54.6 Å². The number of hydrogen-bond donors (Lipinski definition) is 0. The largest absolute Gasteiger partial charge is 0.224 e. The first-order valence-corrected chi connectivity index (χ1v) is 9.16. The van der Waals surface area contributed by atoms with E-state index in [0.717, 1.165) is 10.9 Å². The molecule has 0 spiro atoms. The fourth-order valence-electron chi connectivity index (χ4n) is 2.39. The zero-order valence-electron chi connectivity index (χ0n) is 12.5. The Morgan fingerprint density at radius 1 is 1.13 bits per heavy atom. The number of halogens is 1. The second-order valence-corrected chi connectivity index (χ2v) is 7.61. The van der Waals surface area contributed by atoms with Crippen LogP contribution in [0, 0.1) is 0 Å². The molecular weight excluding hydrogens is 332 g/mol. The Bertz CT molecular complexity index is 976. The summed E-state index contributed by atoms with van der Waals surface area (Å²) in [6, 6.07) is 16.5. The normalized spacial score (nSPS) is 12.7. The van der Waals surface area contributed by atoms with Gasteiger partial charge in [0.05, 0.1) is 21.9 Å². The first-order valence-electron chi connectivity index (χ1n) is 7.16. The summed E-state index contributed by atoms with van der Waals surface area (Å²) < 4.78 is 26.3. The van der Waals surface area contributed by atoms with E-state index in [4.69, 9.17) is 11.8 Å². The SMILES string of the molecule is CCS(=O)(=O)/C(=C\c1nn(Cl)c2ccccc12)c1ccccc1. The van der Waals surface area contributed by atoms with Crippen molar-refractivity contribution in [3.8, 4) is 0 Å². The highest BCUT2D eigenvalue weighted by Gasteiger charge is 2.19. The molecule has 118 valence electrons. The number of hydrogen-bond acceptors (Lipinski definition) is 3. The van der Waals surface area contributed by atoms with Gasteiger partial charge in [-0.15, -0.1) is 0 Å². The monoisotopic (exact) mass is 346 g/mol. The maximum Gasteiger partial charge on any atom is 0.178 e. The lowest BCUT2D eigenvalue weighted by Crippen LogP contribution is -2.06. The minimum Gasteiger partial charge on any atom is -0.224 e.